The molecule has 96 valence electrons. The topological polar surface area (TPSA) is 66.4 Å². The highest BCUT2D eigenvalue weighted by molar-refractivity contribution is 7.07. The van der Waals surface area contributed by atoms with Crippen LogP contribution in [-0.4, -0.2) is 17.0 Å². The highest BCUT2D eigenvalue weighted by atomic mass is 32.1. The molecule has 1 aromatic rings. The average Bonchev–Trinajstić information content (AvgIpc) is 2.89. The molecule has 5 heteroatoms. The Kier molecular flexibility index (Phi) is 4.15. The van der Waals surface area contributed by atoms with Gasteiger partial charge in [-0.1, -0.05) is 12.2 Å². The summed E-state index contributed by atoms with van der Waals surface area (Å²) in [6.45, 7) is 0.467. The number of aliphatic carboxylic acids is 1. The minimum Gasteiger partial charge on any atom is -0.481 e. The van der Waals surface area contributed by atoms with Gasteiger partial charge in [0.2, 0.25) is 5.91 Å². The molecule has 4 nitrogen and oxygen atoms in total. The number of allylic oxidation sites excluding steroid dienone is 2. The van der Waals surface area contributed by atoms with E-state index >= 15 is 0 Å². The van der Waals surface area contributed by atoms with Crippen molar-refractivity contribution in [3.8, 4) is 0 Å². The Balaban J connectivity index is 1.94. The van der Waals surface area contributed by atoms with E-state index in [1.807, 2.05) is 29.0 Å². The summed E-state index contributed by atoms with van der Waals surface area (Å²) in [6.07, 6.45) is 4.66. The summed E-state index contributed by atoms with van der Waals surface area (Å²) in [4.78, 5) is 23.1. The maximum absolute atomic E-state index is 12.0. The molecule has 2 N–H and O–H groups in total. The van der Waals surface area contributed by atoms with Gasteiger partial charge in [0.15, 0.2) is 0 Å². The van der Waals surface area contributed by atoms with E-state index in [0.29, 0.717) is 19.4 Å². The summed E-state index contributed by atoms with van der Waals surface area (Å²) in [7, 11) is 0. The molecule has 0 fully saturated rings. The number of carboxylic acids is 1. The first-order valence-corrected chi connectivity index (χ1v) is 6.79. The Bertz CT molecular complexity index is 453. The van der Waals surface area contributed by atoms with Crippen LogP contribution < -0.4 is 5.32 Å². The second kappa shape index (κ2) is 5.82. The van der Waals surface area contributed by atoms with E-state index in [2.05, 4.69) is 5.32 Å². The largest absolute Gasteiger partial charge is 0.481 e. The van der Waals surface area contributed by atoms with E-state index in [0.717, 1.165) is 5.56 Å². The molecule has 1 aliphatic carbocycles. The minimum atomic E-state index is -0.893. The van der Waals surface area contributed by atoms with Gasteiger partial charge in [-0.2, -0.15) is 11.3 Å². The molecule has 1 amide bonds. The zero-order valence-corrected chi connectivity index (χ0v) is 10.7. The van der Waals surface area contributed by atoms with Gasteiger partial charge in [0.05, 0.1) is 11.8 Å². The molecule has 0 unspecified atom stereocenters. The van der Waals surface area contributed by atoms with Crippen molar-refractivity contribution in [3.63, 3.8) is 0 Å². The lowest BCUT2D eigenvalue weighted by Gasteiger charge is -2.24. The molecule has 2 rings (SSSR count). The Morgan fingerprint density at radius 1 is 1.33 bits per heavy atom. The molecular weight excluding hydrogens is 250 g/mol. The smallest absolute Gasteiger partial charge is 0.307 e. The van der Waals surface area contributed by atoms with Gasteiger partial charge in [-0.15, -0.1) is 0 Å². The van der Waals surface area contributed by atoms with Crippen molar-refractivity contribution in [2.45, 2.75) is 19.4 Å². The molecule has 18 heavy (non-hydrogen) atoms. The monoisotopic (exact) mass is 265 g/mol. The number of carboxylic acid groups (broad SMARTS) is 1. The Morgan fingerprint density at radius 2 is 2.06 bits per heavy atom. The van der Waals surface area contributed by atoms with Crippen molar-refractivity contribution < 1.29 is 14.7 Å². The van der Waals surface area contributed by atoms with Gasteiger partial charge in [-0.3, -0.25) is 9.59 Å². The highest BCUT2D eigenvalue weighted by Crippen LogP contribution is 2.26. The van der Waals surface area contributed by atoms with Crippen LogP contribution in [0.25, 0.3) is 0 Å². The van der Waals surface area contributed by atoms with Gasteiger partial charge >= 0.3 is 5.97 Å². The van der Waals surface area contributed by atoms with Crippen LogP contribution in [0.3, 0.4) is 0 Å². The summed E-state index contributed by atoms with van der Waals surface area (Å²) in [6, 6.07) is 1.94. The van der Waals surface area contributed by atoms with Crippen molar-refractivity contribution in [2.75, 3.05) is 0 Å². The molecular formula is C13H15NO3S. The van der Waals surface area contributed by atoms with Crippen molar-refractivity contribution in [1.82, 2.24) is 5.32 Å². The lowest BCUT2D eigenvalue weighted by molar-refractivity contribution is -0.147. The quantitative estimate of drug-likeness (QED) is 0.819. The predicted octanol–water partition coefficient (Wildman–Crippen LogP) is 2.03. The molecule has 0 saturated heterocycles. The number of thiophene rings is 1. The van der Waals surface area contributed by atoms with Crippen LogP contribution in [0, 0.1) is 11.8 Å². The van der Waals surface area contributed by atoms with Crippen LogP contribution in [0.4, 0.5) is 0 Å². The van der Waals surface area contributed by atoms with Gasteiger partial charge in [0, 0.05) is 6.54 Å². The third-order valence-corrected chi connectivity index (χ3v) is 3.87. The first-order chi connectivity index (χ1) is 8.68. The molecule has 2 atom stereocenters. The second-order valence-corrected chi connectivity index (χ2v) is 5.12. The van der Waals surface area contributed by atoms with Crippen LogP contribution in [0.5, 0.6) is 0 Å². The summed E-state index contributed by atoms with van der Waals surface area (Å²) in [5, 5.41) is 15.8. The first kappa shape index (κ1) is 12.8. The lowest BCUT2D eigenvalue weighted by atomic mass is 9.82. The predicted molar refractivity (Wildman–Crippen MR) is 69.2 cm³/mol. The number of amides is 1. The molecule has 0 aliphatic heterocycles. The standard InChI is InChI=1S/C13H15NO3S/c15-12(14-7-9-5-6-18-8-9)10-3-1-2-4-11(10)13(16)17/h1-2,5-6,8,10-11H,3-4,7H2,(H,14,15)(H,16,17)/t10-,11+/m1/s1. The van der Waals surface area contributed by atoms with Crippen LogP contribution >= 0.6 is 11.3 Å². The number of hydrogen-bond donors (Lipinski definition) is 2. The van der Waals surface area contributed by atoms with Gasteiger partial charge < -0.3 is 10.4 Å². The third-order valence-electron chi connectivity index (χ3n) is 3.13. The first-order valence-electron chi connectivity index (χ1n) is 5.85. The minimum absolute atomic E-state index is 0.169. The Morgan fingerprint density at radius 3 is 2.67 bits per heavy atom. The van der Waals surface area contributed by atoms with E-state index in [1.165, 1.54) is 0 Å². The molecule has 1 heterocycles. The van der Waals surface area contributed by atoms with E-state index in [1.54, 1.807) is 11.3 Å². The lowest BCUT2D eigenvalue weighted by Crippen LogP contribution is -2.38. The van der Waals surface area contributed by atoms with Gasteiger partial charge in [-0.25, -0.2) is 0 Å². The van der Waals surface area contributed by atoms with Gasteiger partial charge in [0.1, 0.15) is 0 Å². The number of rotatable bonds is 4. The number of carbonyl (C=O) groups excluding carboxylic acids is 1. The van der Waals surface area contributed by atoms with E-state index in [4.69, 9.17) is 5.11 Å². The van der Waals surface area contributed by atoms with Gasteiger partial charge in [0.25, 0.3) is 0 Å². The number of hydrogen-bond acceptors (Lipinski definition) is 3. The van der Waals surface area contributed by atoms with Crippen molar-refractivity contribution in [2.24, 2.45) is 11.8 Å². The SMILES string of the molecule is O=C(O)[C@H]1CC=CC[C@H]1C(=O)NCc1ccsc1. The van der Waals surface area contributed by atoms with E-state index in [-0.39, 0.29) is 5.91 Å². The molecule has 0 aromatic carbocycles. The molecule has 0 bridgehead atoms. The highest BCUT2D eigenvalue weighted by Gasteiger charge is 2.33. The maximum Gasteiger partial charge on any atom is 0.307 e. The number of carbonyl (C=O) groups is 2. The van der Waals surface area contributed by atoms with Crippen molar-refractivity contribution in [1.29, 1.82) is 0 Å². The van der Waals surface area contributed by atoms with E-state index < -0.39 is 17.8 Å². The van der Waals surface area contributed by atoms with Gasteiger partial charge in [-0.05, 0) is 35.2 Å². The Hall–Kier alpha value is -1.62. The zero-order chi connectivity index (χ0) is 13.0. The maximum atomic E-state index is 12.0. The second-order valence-electron chi connectivity index (χ2n) is 4.34. The average molecular weight is 265 g/mol. The molecule has 1 aromatic heterocycles. The molecule has 1 aliphatic rings. The third kappa shape index (κ3) is 2.98. The van der Waals surface area contributed by atoms with Crippen LogP contribution in [-0.2, 0) is 16.1 Å². The van der Waals surface area contributed by atoms with Crippen molar-refractivity contribution >= 4 is 23.2 Å². The fraction of sp³-hybridized carbons (Fsp3) is 0.385. The molecule has 0 radical (unpaired) electrons. The normalized spacial score (nSPS) is 22.7. The summed E-state index contributed by atoms with van der Waals surface area (Å²) in [5.41, 5.74) is 1.05. The zero-order valence-electron chi connectivity index (χ0n) is 9.83. The van der Waals surface area contributed by atoms with E-state index in [9.17, 15) is 9.59 Å². The Labute approximate surface area is 109 Å². The number of nitrogens with one attached hydrogen (secondary N) is 1. The summed E-state index contributed by atoms with van der Waals surface area (Å²) < 4.78 is 0. The summed E-state index contributed by atoms with van der Waals surface area (Å²) >= 11 is 1.58. The molecule has 0 saturated carbocycles. The van der Waals surface area contributed by atoms with Crippen LogP contribution in [0.15, 0.2) is 29.0 Å². The fourth-order valence-electron chi connectivity index (χ4n) is 2.09. The van der Waals surface area contributed by atoms with Crippen LogP contribution in [0.2, 0.25) is 0 Å². The summed E-state index contributed by atoms with van der Waals surface area (Å²) in [5.74, 6) is -2.11. The molecule has 0 spiro atoms. The fourth-order valence-corrected chi connectivity index (χ4v) is 2.76. The van der Waals surface area contributed by atoms with Crippen molar-refractivity contribution in [3.05, 3.63) is 34.5 Å². The van der Waals surface area contributed by atoms with Crippen LogP contribution in [0.1, 0.15) is 18.4 Å².